The van der Waals surface area contributed by atoms with Crippen LogP contribution in [0.5, 0.6) is 0 Å². The quantitative estimate of drug-likeness (QED) is 0.641. The van der Waals surface area contributed by atoms with Crippen LogP contribution in [0.4, 0.5) is 17.1 Å². The predicted molar refractivity (Wildman–Crippen MR) is 81.7 cm³/mol. The second-order valence-corrected chi connectivity index (χ2v) is 4.71. The van der Waals surface area contributed by atoms with Crippen molar-refractivity contribution in [2.24, 2.45) is 0 Å². The smallest absolute Gasteiger partial charge is 0.408 e. The Kier molecular flexibility index (Phi) is 3.37. The average molecular weight is 285 g/mol. The Labute approximate surface area is 120 Å². The topological polar surface area (TPSA) is 93.3 Å². The SMILES string of the molecule is COCc1cccc(Nc2cc3[nH]c(=O)oc3cc2N)c1. The van der Waals surface area contributed by atoms with Crippen molar-refractivity contribution in [3.8, 4) is 0 Å². The maximum atomic E-state index is 11.2. The molecule has 6 heteroatoms. The summed E-state index contributed by atoms with van der Waals surface area (Å²) in [6.07, 6.45) is 0. The molecule has 0 radical (unpaired) electrons. The molecule has 3 aromatic rings. The molecule has 0 fully saturated rings. The first-order chi connectivity index (χ1) is 10.2. The molecule has 1 aromatic heterocycles. The van der Waals surface area contributed by atoms with Gasteiger partial charge in [-0.25, -0.2) is 4.79 Å². The van der Waals surface area contributed by atoms with Crippen molar-refractivity contribution in [3.05, 3.63) is 52.5 Å². The molecule has 6 nitrogen and oxygen atoms in total. The van der Waals surface area contributed by atoms with Crippen LogP contribution in [0.15, 0.2) is 45.6 Å². The number of rotatable bonds is 4. The minimum absolute atomic E-state index is 0.441. The third-order valence-electron chi connectivity index (χ3n) is 3.11. The Morgan fingerprint density at radius 2 is 2.19 bits per heavy atom. The van der Waals surface area contributed by atoms with E-state index in [1.54, 1.807) is 19.2 Å². The van der Waals surface area contributed by atoms with E-state index in [1.165, 1.54) is 0 Å². The zero-order valence-electron chi connectivity index (χ0n) is 11.5. The van der Waals surface area contributed by atoms with Crippen molar-refractivity contribution in [3.63, 3.8) is 0 Å². The molecule has 0 amide bonds. The molecule has 0 aliphatic carbocycles. The fraction of sp³-hybridized carbons (Fsp3) is 0.133. The third kappa shape index (κ3) is 2.75. The molecule has 0 bridgehead atoms. The van der Waals surface area contributed by atoms with Gasteiger partial charge in [0.1, 0.15) is 0 Å². The molecule has 108 valence electrons. The fourth-order valence-electron chi connectivity index (χ4n) is 2.18. The van der Waals surface area contributed by atoms with Gasteiger partial charge in [-0.05, 0) is 23.8 Å². The van der Waals surface area contributed by atoms with E-state index in [0.29, 0.717) is 29.1 Å². The highest BCUT2D eigenvalue weighted by atomic mass is 16.5. The summed E-state index contributed by atoms with van der Waals surface area (Å²) in [6.45, 7) is 0.541. The van der Waals surface area contributed by atoms with E-state index < -0.39 is 5.76 Å². The molecular weight excluding hydrogens is 270 g/mol. The average Bonchev–Trinajstić information content (AvgIpc) is 2.79. The Bertz CT molecular complexity index is 836. The van der Waals surface area contributed by atoms with Crippen molar-refractivity contribution < 1.29 is 9.15 Å². The van der Waals surface area contributed by atoms with Gasteiger partial charge in [-0.15, -0.1) is 0 Å². The second kappa shape index (κ2) is 5.34. The van der Waals surface area contributed by atoms with E-state index >= 15 is 0 Å². The van der Waals surface area contributed by atoms with Gasteiger partial charge < -0.3 is 20.2 Å². The van der Waals surface area contributed by atoms with Crippen LogP contribution in [-0.2, 0) is 11.3 Å². The molecule has 0 saturated carbocycles. The highest BCUT2D eigenvalue weighted by Crippen LogP contribution is 2.27. The number of anilines is 3. The zero-order chi connectivity index (χ0) is 14.8. The Morgan fingerprint density at radius 3 is 3.00 bits per heavy atom. The lowest BCUT2D eigenvalue weighted by atomic mass is 10.2. The summed E-state index contributed by atoms with van der Waals surface area (Å²) < 4.78 is 10.1. The van der Waals surface area contributed by atoms with Crippen molar-refractivity contribution >= 4 is 28.2 Å². The first kappa shape index (κ1) is 13.3. The lowest BCUT2D eigenvalue weighted by Gasteiger charge is -2.10. The van der Waals surface area contributed by atoms with Crippen LogP contribution in [0, 0.1) is 0 Å². The number of H-pyrrole nitrogens is 1. The van der Waals surface area contributed by atoms with Gasteiger partial charge in [0.15, 0.2) is 5.58 Å². The van der Waals surface area contributed by atoms with Gasteiger partial charge in [-0.2, -0.15) is 0 Å². The zero-order valence-corrected chi connectivity index (χ0v) is 11.5. The minimum Gasteiger partial charge on any atom is -0.408 e. The van der Waals surface area contributed by atoms with Gasteiger partial charge in [0.2, 0.25) is 0 Å². The number of fused-ring (bicyclic) bond motifs is 1. The lowest BCUT2D eigenvalue weighted by Crippen LogP contribution is -1.97. The van der Waals surface area contributed by atoms with E-state index in [0.717, 1.165) is 11.3 Å². The van der Waals surface area contributed by atoms with Crippen LogP contribution in [-0.4, -0.2) is 12.1 Å². The Hall–Kier alpha value is -2.73. The molecule has 0 spiro atoms. The van der Waals surface area contributed by atoms with E-state index in [4.69, 9.17) is 14.9 Å². The van der Waals surface area contributed by atoms with Crippen LogP contribution >= 0.6 is 0 Å². The Morgan fingerprint density at radius 1 is 1.33 bits per heavy atom. The first-order valence-corrected chi connectivity index (χ1v) is 6.43. The number of oxazole rings is 1. The van der Waals surface area contributed by atoms with Crippen LogP contribution in [0.3, 0.4) is 0 Å². The molecule has 3 rings (SSSR count). The van der Waals surface area contributed by atoms with Crippen molar-refractivity contribution in [1.82, 2.24) is 4.98 Å². The summed E-state index contributed by atoms with van der Waals surface area (Å²) in [6, 6.07) is 11.2. The maximum absolute atomic E-state index is 11.2. The standard InChI is InChI=1S/C15H15N3O3/c1-20-8-9-3-2-4-10(5-9)17-12-7-13-14(6-11(12)16)21-15(19)18-13/h2-7,17H,8,16H2,1H3,(H,18,19). The van der Waals surface area contributed by atoms with Gasteiger partial charge in [0.05, 0.1) is 23.5 Å². The molecular formula is C15H15N3O3. The highest BCUT2D eigenvalue weighted by molar-refractivity contribution is 5.87. The fourth-order valence-corrected chi connectivity index (χ4v) is 2.18. The first-order valence-electron chi connectivity index (χ1n) is 6.43. The van der Waals surface area contributed by atoms with E-state index in [1.807, 2.05) is 24.3 Å². The number of benzene rings is 2. The van der Waals surface area contributed by atoms with Crippen molar-refractivity contribution in [2.75, 3.05) is 18.2 Å². The molecule has 21 heavy (non-hydrogen) atoms. The molecule has 4 N–H and O–H groups in total. The predicted octanol–water partition coefficient (Wildman–Crippen LogP) is 2.59. The van der Waals surface area contributed by atoms with Crippen molar-refractivity contribution in [1.29, 1.82) is 0 Å². The summed E-state index contributed by atoms with van der Waals surface area (Å²) in [7, 11) is 1.65. The summed E-state index contributed by atoms with van der Waals surface area (Å²) in [4.78, 5) is 13.8. The van der Waals surface area contributed by atoms with Gasteiger partial charge in [0, 0.05) is 18.9 Å². The number of nitrogens with one attached hydrogen (secondary N) is 2. The lowest BCUT2D eigenvalue weighted by molar-refractivity contribution is 0.185. The summed E-state index contributed by atoms with van der Waals surface area (Å²) >= 11 is 0. The minimum atomic E-state index is -0.497. The molecule has 0 atom stereocenters. The van der Waals surface area contributed by atoms with E-state index in [-0.39, 0.29) is 0 Å². The second-order valence-electron chi connectivity index (χ2n) is 4.71. The van der Waals surface area contributed by atoms with Crippen LogP contribution in [0.2, 0.25) is 0 Å². The number of aromatic nitrogens is 1. The number of methoxy groups -OCH3 is 1. The Balaban J connectivity index is 1.95. The van der Waals surface area contributed by atoms with Gasteiger partial charge in [0.25, 0.3) is 0 Å². The van der Waals surface area contributed by atoms with Crippen LogP contribution in [0.25, 0.3) is 11.1 Å². The monoisotopic (exact) mass is 285 g/mol. The number of nitrogen functional groups attached to an aromatic ring is 1. The summed E-state index contributed by atoms with van der Waals surface area (Å²) in [5.41, 5.74) is 10.2. The number of aromatic amines is 1. The largest absolute Gasteiger partial charge is 0.417 e. The molecule has 0 unspecified atom stereocenters. The molecule has 0 aliphatic rings. The van der Waals surface area contributed by atoms with Crippen molar-refractivity contribution in [2.45, 2.75) is 6.61 Å². The highest BCUT2D eigenvalue weighted by Gasteiger charge is 2.07. The van der Waals surface area contributed by atoms with Crippen LogP contribution in [0.1, 0.15) is 5.56 Å². The number of ether oxygens (including phenoxy) is 1. The van der Waals surface area contributed by atoms with Gasteiger partial charge in [-0.3, -0.25) is 4.98 Å². The summed E-state index contributed by atoms with van der Waals surface area (Å²) in [5.74, 6) is -0.497. The molecule has 2 aromatic carbocycles. The third-order valence-corrected chi connectivity index (χ3v) is 3.11. The number of hydrogen-bond acceptors (Lipinski definition) is 5. The molecule has 1 heterocycles. The van der Waals surface area contributed by atoms with Crippen LogP contribution < -0.4 is 16.8 Å². The number of hydrogen-bond donors (Lipinski definition) is 3. The molecule has 0 aliphatic heterocycles. The normalized spacial score (nSPS) is 10.9. The maximum Gasteiger partial charge on any atom is 0.417 e. The van der Waals surface area contributed by atoms with E-state index in [9.17, 15) is 4.79 Å². The molecule has 0 saturated heterocycles. The number of nitrogens with two attached hydrogens (primary N) is 1. The van der Waals surface area contributed by atoms with Gasteiger partial charge in [-0.1, -0.05) is 12.1 Å². The van der Waals surface area contributed by atoms with E-state index in [2.05, 4.69) is 10.3 Å². The van der Waals surface area contributed by atoms with Gasteiger partial charge >= 0.3 is 5.76 Å². The summed E-state index contributed by atoms with van der Waals surface area (Å²) in [5, 5.41) is 3.23.